The van der Waals surface area contributed by atoms with Crippen molar-refractivity contribution in [2.24, 2.45) is 0 Å². The van der Waals surface area contributed by atoms with Gasteiger partial charge in [0.1, 0.15) is 12.4 Å². The van der Waals surface area contributed by atoms with Gasteiger partial charge in [-0.25, -0.2) is 0 Å². The van der Waals surface area contributed by atoms with Crippen molar-refractivity contribution in [3.63, 3.8) is 0 Å². The predicted molar refractivity (Wildman–Crippen MR) is 94.9 cm³/mol. The highest BCUT2D eigenvalue weighted by atomic mass is 127. The highest BCUT2D eigenvalue weighted by Gasteiger charge is 2.06. The van der Waals surface area contributed by atoms with Gasteiger partial charge in [0, 0.05) is 6.42 Å². The van der Waals surface area contributed by atoms with E-state index in [0.29, 0.717) is 26.1 Å². The average molecular weight is 410 g/mol. The van der Waals surface area contributed by atoms with Gasteiger partial charge in [0.2, 0.25) is 0 Å². The van der Waals surface area contributed by atoms with E-state index in [0.717, 1.165) is 20.4 Å². The van der Waals surface area contributed by atoms with Gasteiger partial charge in [-0.05, 0) is 59.2 Å². The lowest BCUT2D eigenvalue weighted by molar-refractivity contribution is -0.143. The molecule has 0 N–H and O–H groups in total. The third kappa shape index (κ3) is 5.33. The van der Waals surface area contributed by atoms with E-state index in [1.54, 1.807) is 0 Å². The van der Waals surface area contributed by atoms with Crippen LogP contribution in [0.3, 0.4) is 0 Å². The summed E-state index contributed by atoms with van der Waals surface area (Å²) in [5.74, 6) is 0.714. The molecule has 0 aliphatic carbocycles. The summed E-state index contributed by atoms with van der Waals surface area (Å²) in [6, 6.07) is 16.1. The first kappa shape index (κ1) is 16.8. The van der Waals surface area contributed by atoms with Crippen molar-refractivity contribution in [2.45, 2.75) is 26.4 Å². The van der Waals surface area contributed by atoms with E-state index in [1.165, 1.54) is 0 Å². The maximum atomic E-state index is 11.4. The highest BCUT2D eigenvalue weighted by molar-refractivity contribution is 14.1. The molecular weight excluding hydrogens is 391 g/mol. The van der Waals surface area contributed by atoms with E-state index in [1.807, 2.05) is 49.4 Å². The van der Waals surface area contributed by atoms with Crippen LogP contribution < -0.4 is 4.74 Å². The van der Waals surface area contributed by atoms with Gasteiger partial charge in [-0.2, -0.15) is 0 Å². The molecule has 0 aliphatic rings. The summed E-state index contributed by atoms with van der Waals surface area (Å²) < 4.78 is 11.8. The van der Waals surface area contributed by atoms with Gasteiger partial charge in [0.25, 0.3) is 0 Å². The predicted octanol–water partition coefficient (Wildman–Crippen LogP) is 4.37. The Kier molecular flexibility index (Phi) is 6.71. The lowest BCUT2D eigenvalue weighted by Crippen LogP contribution is -2.05. The van der Waals surface area contributed by atoms with Crippen LogP contribution in [0.5, 0.6) is 5.75 Å². The monoisotopic (exact) mass is 410 g/mol. The fraction of sp³-hybridized carbons (Fsp3) is 0.278. The molecule has 22 heavy (non-hydrogen) atoms. The quantitative estimate of drug-likeness (QED) is 0.503. The molecule has 0 fully saturated rings. The molecule has 0 saturated carbocycles. The topological polar surface area (TPSA) is 35.5 Å². The molecule has 0 radical (unpaired) electrons. The van der Waals surface area contributed by atoms with Gasteiger partial charge in [-0.1, -0.05) is 36.4 Å². The summed E-state index contributed by atoms with van der Waals surface area (Å²) in [6.07, 6.45) is 1.10. The van der Waals surface area contributed by atoms with E-state index < -0.39 is 0 Å². The molecule has 0 aromatic heterocycles. The number of carbonyl (C=O) groups is 1. The first-order chi connectivity index (χ1) is 10.7. The Morgan fingerprint density at radius 1 is 1.09 bits per heavy atom. The van der Waals surface area contributed by atoms with Crippen LogP contribution in [0, 0.1) is 3.57 Å². The molecule has 4 heteroatoms. The number of carbonyl (C=O) groups excluding carboxylic acids is 1. The van der Waals surface area contributed by atoms with Crippen molar-refractivity contribution in [2.75, 3.05) is 6.61 Å². The molecule has 0 amide bonds. The molecule has 116 valence electrons. The smallest absolute Gasteiger partial charge is 0.306 e. The fourth-order valence-electron chi connectivity index (χ4n) is 2.03. The van der Waals surface area contributed by atoms with E-state index in [2.05, 4.69) is 28.7 Å². The van der Waals surface area contributed by atoms with Gasteiger partial charge in [0.15, 0.2) is 0 Å². The molecule has 0 bridgehead atoms. The molecule has 2 aromatic carbocycles. The SMILES string of the molecule is CCOC(=O)CCc1ccc(OCc2ccccc2)c(I)c1. The second-order valence-corrected chi connectivity index (χ2v) is 6.01. The van der Waals surface area contributed by atoms with E-state index >= 15 is 0 Å². The van der Waals surface area contributed by atoms with Crippen LogP contribution in [-0.2, 0) is 22.6 Å². The van der Waals surface area contributed by atoms with Gasteiger partial charge in [0.05, 0.1) is 10.2 Å². The Labute approximate surface area is 144 Å². The molecule has 0 aliphatic heterocycles. The van der Waals surface area contributed by atoms with E-state index in [4.69, 9.17) is 9.47 Å². The van der Waals surface area contributed by atoms with Crippen LogP contribution in [0.2, 0.25) is 0 Å². The Morgan fingerprint density at radius 2 is 1.86 bits per heavy atom. The van der Waals surface area contributed by atoms with E-state index in [9.17, 15) is 4.79 Å². The molecular formula is C18H19IO3. The van der Waals surface area contributed by atoms with Crippen LogP contribution in [0.4, 0.5) is 0 Å². The lowest BCUT2D eigenvalue weighted by Gasteiger charge is -2.10. The van der Waals surface area contributed by atoms with Crippen LogP contribution in [0.25, 0.3) is 0 Å². The summed E-state index contributed by atoms with van der Waals surface area (Å²) in [5.41, 5.74) is 2.26. The molecule has 0 unspecified atom stereocenters. The van der Waals surface area contributed by atoms with Gasteiger partial charge in [-0.3, -0.25) is 4.79 Å². The van der Waals surface area contributed by atoms with Gasteiger partial charge < -0.3 is 9.47 Å². The zero-order valence-electron chi connectivity index (χ0n) is 12.5. The molecule has 0 atom stereocenters. The number of hydrogen-bond acceptors (Lipinski definition) is 3. The van der Waals surface area contributed by atoms with Crippen LogP contribution >= 0.6 is 22.6 Å². The second kappa shape index (κ2) is 8.78. The van der Waals surface area contributed by atoms with Gasteiger partial charge in [-0.15, -0.1) is 0 Å². The highest BCUT2D eigenvalue weighted by Crippen LogP contribution is 2.23. The Morgan fingerprint density at radius 3 is 2.55 bits per heavy atom. The first-order valence-electron chi connectivity index (χ1n) is 7.30. The number of halogens is 1. The zero-order chi connectivity index (χ0) is 15.8. The Bertz CT molecular complexity index is 611. The minimum absolute atomic E-state index is 0.151. The molecule has 0 spiro atoms. The van der Waals surface area contributed by atoms with Crippen LogP contribution in [0.15, 0.2) is 48.5 Å². The third-order valence-corrected chi connectivity index (χ3v) is 4.00. The zero-order valence-corrected chi connectivity index (χ0v) is 14.7. The van der Waals surface area contributed by atoms with E-state index in [-0.39, 0.29) is 5.97 Å². The minimum Gasteiger partial charge on any atom is -0.488 e. The number of hydrogen-bond donors (Lipinski definition) is 0. The van der Waals surface area contributed by atoms with Crippen molar-refractivity contribution in [1.29, 1.82) is 0 Å². The van der Waals surface area contributed by atoms with Crippen molar-refractivity contribution < 1.29 is 14.3 Å². The minimum atomic E-state index is -0.151. The molecule has 2 rings (SSSR count). The lowest BCUT2D eigenvalue weighted by atomic mass is 10.1. The standard InChI is InChI=1S/C18H19IO3/c1-2-21-18(20)11-9-14-8-10-17(16(19)12-14)22-13-15-6-4-3-5-7-15/h3-8,10,12H,2,9,11,13H2,1H3. The first-order valence-corrected chi connectivity index (χ1v) is 8.37. The van der Waals surface area contributed by atoms with Crippen molar-refractivity contribution >= 4 is 28.6 Å². The summed E-state index contributed by atoms with van der Waals surface area (Å²) in [4.78, 5) is 11.4. The van der Waals surface area contributed by atoms with Crippen LogP contribution in [0.1, 0.15) is 24.5 Å². The number of ether oxygens (including phenoxy) is 2. The summed E-state index contributed by atoms with van der Waals surface area (Å²) in [7, 11) is 0. The van der Waals surface area contributed by atoms with Crippen molar-refractivity contribution in [1.82, 2.24) is 0 Å². The number of benzene rings is 2. The number of rotatable bonds is 7. The third-order valence-electron chi connectivity index (χ3n) is 3.16. The maximum absolute atomic E-state index is 11.4. The van der Waals surface area contributed by atoms with Gasteiger partial charge >= 0.3 is 5.97 Å². The van der Waals surface area contributed by atoms with Crippen LogP contribution in [-0.4, -0.2) is 12.6 Å². The normalized spacial score (nSPS) is 10.3. The molecule has 3 nitrogen and oxygen atoms in total. The Balaban J connectivity index is 1.90. The van der Waals surface area contributed by atoms with Crippen molar-refractivity contribution in [3.05, 3.63) is 63.2 Å². The average Bonchev–Trinajstić information content (AvgIpc) is 2.53. The molecule has 2 aromatic rings. The second-order valence-electron chi connectivity index (χ2n) is 4.84. The largest absolute Gasteiger partial charge is 0.488 e. The number of esters is 1. The summed E-state index contributed by atoms with van der Waals surface area (Å²) >= 11 is 2.26. The summed E-state index contributed by atoms with van der Waals surface area (Å²) in [5, 5.41) is 0. The Hall–Kier alpha value is -1.56. The molecule has 0 heterocycles. The molecule has 0 saturated heterocycles. The fourth-order valence-corrected chi connectivity index (χ4v) is 2.77. The van der Waals surface area contributed by atoms with Crippen molar-refractivity contribution in [3.8, 4) is 5.75 Å². The maximum Gasteiger partial charge on any atom is 0.306 e. The summed E-state index contributed by atoms with van der Waals surface area (Å²) in [6.45, 7) is 2.81. The number of aryl methyl sites for hydroxylation is 1.